The third kappa shape index (κ3) is 5.58. The van der Waals surface area contributed by atoms with Crippen molar-refractivity contribution in [3.05, 3.63) is 99.5 Å². The summed E-state index contributed by atoms with van der Waals surface area (Å²) in [5.74, 6) is 0.458. The fourth-order valence-corrected chi connectivity index (χ4v) is 2.59. The van der Waals surface area contributed by atoms with Crippen molar-refractivity contribution in [2.24, 2.45) is 5.10 Å². The van der Waals surface area contributed by atoms with Gasteiger partial charge in [0.15, 0.2) is 0 Å². The van der Waals surface area contributed by atoms with Crippen molar-refractivity contribution in [1.82, 2.24) is 5.43 Å². The van der Waals surface area contributed by atoms with Crippen LogP contribution in [-0.4, -0.2) is 12.1 Å². The molecule has 3 aromatic rings. The van der Waals surface area contributed by atoms with Crippen LogP contribution in [0.1, 0.15) is 21.5 Å². The molecule has 0 heterocycles. The molecule has 0 aliphatic carbocycles. The standard InChI is InChI=1S/C21H16Cl2N2O2/c22-19-11-8-16(12-20(19)23)14-27-18-9-6-15(7-10-18)13-24-25-21(26)17-4-2-1-3-5-17/h1-13H,14H2,(H,25,26)/b24-13-. The van der Waals surface area contributed by atoms with Crippen molar-refractivity contribution in [3.8, 4) is 5.75 Å². The van der Waals surface area contributed by atoms with Crippen LogP contribution in [0.25, 0.3) is 0 Å². The van der Waals surface area contributed by atoms with Crippen LogP contribution in [0.5, 0.6) is 5.75 Å². The molecule has 3 rings (SSSR count). The highest BCUT2D eigenvalue weighted by Crippen LogP contribution is 2.23. The summed E-state index contributed by atoms with van der Waals surface area (Å²) in [6, 6.07) is 21.7. The summed E-state index contributed by atoms with van der Waals surface area (Å²) in [4.78, 5) is 11.9. The molecule has 0 aromatic heterocycles. The zero-order valence-corrected chi connectivity index (χ0v) is 15.7. The Kier molecular flexibility index (Phi) is 6.47. The molecule has 27 heavy (non-hydrogen) atoms. The molecule has 4 nitrogen and oxygen atoms in total. The largest absolute Gasteiger partial charge is 0.489 e. The van der Waals surface area contributed by atoms with Gasteiger partial charge in [-0.1, -0.05) is 47.5 Å². The van der Waals surface area contributed by atoms with Crippen molar-refractivity contribution in [2.75, 3.05) is 0 Å². The summed E-state index contributed by atoms with van der Waals surface area (Å²) in [7, 11) is 0. The van der Waals surface area contributed by atoms with E-state index in [2.05, 4.69) is 10.5 Å². The molecule has 1 N–H and O–H groups in total. The number of carbonyl (C=O) groups is 1. The first-order chi connectivity index (χ1) is 13.1. The van der Waals surface area contributed by atoms with Crippen LogP contribution in [-0.2, 0) is 6.61 Å². The first-order valence-corrected chi connectivity index (χ1v) is 8.92. The van der Waals surface area contributed by atoms with Crippen molar-refractivity contribution in [1.29, 1.82) is 0 Å². The number of hydrogen-bond donors (Lipinski definition) is 1. The van der Waals surface area contributed by atoms with E-state index in [0.717, 1.165) is 11.1 Å². The van der Waals surface area contributed by atoms with E-state index >= 15 is 0 Å². The Hall–Kier alpha value is -2.82. The van der Waals surface area contributed by atoms with Gasteiger partial charge in [0, 0.05) is 5.56 Å². The quantitative estimate of drug-likeness (QED) is 0.450. The summed E-state index contributed by atoms with van der Waals surface area (Å²) in [6.07, 6.45) is 1.57. The molecule has 0 saturated heterocycles. The SMILES string of the molecule is O=C(N/N=C\c1ccc(OCc2ccc(Cl)c(Cl)c2)cc1)c1ccccc1. The van der Waals surface area contributed by atoms with Gasteiger partial charge in [-0.3, -0.25) is 4.79 Å². The van der Waals surface area contributed by atoms with Gasteiger partial charge in [0.1, 0.15) is 12.4 Å². The summed E-state index contributed by atoms with van der Waals surface area (Å²) >= 11 is 11.9. The van der Waals surface area contributed by atoms with Crippen molar-refractivity contribution < 1.29 is 9.53 Å². The highest BCUT2D eigenvalue weighted by atomic mass is 35.5. The van der Waals surface area contributed by atoms with Crippen molar-refractivity contribution in [3.63, 3.8) is 0 Å². The molecule has 0 saturated carbocycles. The van der Waals surface area contributed by atoms with E-state index in [-0.39, 0.29) is 5.91 Å². The number of nitrogens with zero attached hydrogens (tertiary/aromatic N) is 1. The number of hydrogen-bond acceptors (Lipinski definition) is 3. The smallest absolute Gasteiger partial charge is 0.271 e. The van der Waals surface area contributed by atoms with E-state index in [1.54, 1.807) is 42.6 Å². The lowest BCUT2D eigenvalue weighted by Crippen LogP contribution is -2.17. The number of benzene rings is 3. The van der Waals surface area contributed by atoms with E-state index in [4.69, 9.17) is 27.9 Å². The molecular formula is C21H16Cl2N2O2. The second kappa shape index (κ2) is 9.21. The van der Waals surface area contributed by atoms with Crippen LogP contribution < -0.4 is 10.2 Å². The summed E-state index contributed by atoms with van der Waals surface area (Å²) < 4.78 is 5.73. The number of halogens is 2. The molecule has 0 atom stereocenters. The molecule has 0 aliphatic rings. The Morgan fingerprint density at radius 3 is 2.41 bits per heavy atom. The van der Waals surface area contributed by atoms with Crippen LogP contribution in [0.15, 0.2) is 77.9 Å². The van der Waals surface area contributed by atoms with Gasteiger partial charge in [0.05, 0.1) is 16.3 Å². The van der Waals surface area contributed by atoms with E-state index in [1.807, 2.05) is 36.4 Å². The first-order valence-electron chi connectivity index (χ1n) is 8.17. The summed E-state index contributed by atoms with van der Waals surface area (Å²) in [5, 5.41) is 4.99. The summed E-state index contributed by atoms with van der Waals surface area (Å²) in [5.41, 5.74) is 4.82. The van der Waals surface area contributed by atoms with Gasteiger partial charge in [-0.05, 0) is 59.7 Å². The number of carbonyl (C=O) groups excluding carboxylic acids is 1. The zero-order chi connectivity index (χ0) is 19.1. The average molecular weight is 399 g/mol. The van der Waals surface area contributed by atoms with Crippen LogP contribution >= 0.6 is 23.2 Å². The van der Waals surface area contributed by atoms with Gasteiger partial charge in [-0.25, -0.2) is 5.43 Å². The molecule has 0 fully saturated rings. The predicted molar refractivity (Wildman–Crippen MR) is 109 cm³/mol. The van der Waals surface area contributed by atoms with Crippen LogP contribution in [0.2, 0.25) is 10.0 Å². The molecule has 0 radical (unpaired) electrons. The number of rotatable bonds is 6. The maximum atomic E-state index is 11.9. The Morgan fingerprint density at radius 2 is 1.70 bits per heavy atom. The Morgan fingerprint density at radius 1 is 0.963 bits per heavy atom. The van der Waals surface area contributed by atoms with Gasteiger partial charge in [0.25, 0.3) is 5.91 Å². The minimum atomic E-state index is -0.256. The van der Waals surface area contributed by atoms with Gasteiger partial charge in [-0.2, -0.15) is 5.10 Å². The number of amides is 1. The fourth-order valence-electron chi connectivity index (χ4n) is 2.27. The third-order valence-corrected chi connectivity index (χ3v) is 4.42. The van der Waals surface area contributed by atoms with E-state index in [1.165, 1.54) is 0 Å². The highest BCUT2D eigenvalue weighted by molar-refractivity contribution is 6.42. The Balaban J connectivity index is 1.52. The second-order valence-corrected chi connectivity index (χ2v) is 6.49. The maximum absolute atomic E-state index is 11.9. The number of nitrogens with one attached hydrogen (secondary N) is 1. The van der Waals surface area contributed by atoms with Crippen LogP contribution in [0.3, 0.4) is 0 Å². The lowest BCUT2D eigenvalue weighted by atomic mass is 10.2. The predicted octanol–water partition coefficient (Wildman–Crippen LogP) is 5.34. The second-order valence-electron chi connectivity index (χ2n) is 5.67. The Labute approximate surface area is 167 Å². The average Bonchev–Trinajstić information content (AvgIpc) is 2.70. The molecule has 0 bridgehead atoms. The van der Waals surface area contributed by atoms with Crippen LogP contribution in [0.4, 0.5) is 0 Å². The normalized spacial score (nSPS) is 10.7. The van der Waals surface area contributed by atoms with Crippen molar-refractivity contribution >= 4 is 35.3 Å². The molecular weight excluding hydrogens is 383 g/mol. The minimum Gasteiger partial charge on any atom is -0.489 e. The molecule has 1 amide bonds. The van der Waals surface area contributed by atoms with E-state index in [9.17, 15) is 4.79 Å². The highest BCUT2D eigenvalue weighted by Gasteiger charge is 2.02. The van der Waals surface area contributed by atoms with E-state index in [0.29, 0.717) is 28.0 Å². The molecule has 3 aromatic carbocycles. The van der Waals surface area contributed by atoms with Gasteiger partial charge < -0.3 is 4.74 Å². The van der Waals surface area contributed by atoms with E-state index < -0.39 is 0 Å². The van der Waals surface area contributed by atoms with Crippen molar-refractivity contribution in [2.45, 2.75) is 6.61 Å². The molecule has 136 valence electrons. The number of ether oxygens (including phenoxy) is 1. The molecule has 0 unspecified atom stereocenters. The van der Waals surface area contributed by atoms with Gasteiger partial charge >= 0.3 is 0 Å². The zero-order valence-electron chi connectivity index (χ0n) is 14.2. The molecule has 6 heteroatoms. The molecule has 0 spiro atoms. The fraction of sp³-hybridized carbons (Fsp3) is 0.0476. The lowest BCUT2D eigenvalue weighted by Gasteiger charge is -2.07. The minimum absolute atomic E-state index is 0.256. The lowest BCUT2D eigenvalue weighted by molar-refractivity contribution is 0.0955. The third-order valence-electron chi connectivity index (χ3n) is 3.69. The van der Waals surface area contributed by atoms with Gasteiger partial charge in [-0.15, -0.1) is 0 Å². The topological polar surface area (TPSA) is 50.7 Å². The van der Waals surface area contributed by atoms with Crippen LogP contribution in [0, 0.1) is 0 Å². The molecule has 0 aliphatic heterocycles. The maximum Gasteiger partial charge on any atom is 0.271 e. The summed E-state index contributed by atoms with van der Waals surface area (Å²) in [6.45, 7) is 0.386. The monoisotopic (exact) mass is 398 g/mol. The number of hydrazone groups is 1. The first kappa shape index (κ1) is 19.0. The Bertz CT molecular complexity index is 942. The van der Waals surface area contributed by atoms with Gasteiger partial charge in [0.2, 0.25) is 0 Å².